The first-order chi connectivity index (χ1) is 11.8. The minimum Gasteiger partial charge on any atom is -0.455 e. The van der Waals surface area contributed by atoms with E-state index in [4.69, 9.17) is 13.6 Å². The SMILES string of the molecule is O=C(CSc1nc2ccccc2o1)OCc1nc2ccccc2o1. The Balaban J connectivity index is 1.33. The molecule has 0 aliphatic rings. The molecule has 0 spiro atoms. The molecule has 2 aromatic carbocycles. The molecule has 24 heavy (non-hydrogen) atoms. The molecule has 4 aromatic rings. The lowest BCUT2D eigenvalue weighted by Gasteiger charge is -2.00. The van der Waals surface area contributed by atoms with Crippen molar-refractivity contribution >= 4 is 39.9 Å². The molecule has 0 fully saturated rings. The zero-order valence-corrected chi connectivity index (χ0v) is 13.3. The highest BCUT2D eigenvalue weighted by Gasteiger charge is 2.12. The number of fused-ring (bicyclic) bond motifs is 2. The molecule has 120 valence electrons. The van der Waals surface area contributed by atoms with Gasteiger partial charge in [-0.3, -0.25) is 4.79 Å². The molecule has 0 saturated carbocycles. The van der Waals surface area contributed by atoms with Crippen molar-refractivity contribution in [3.8, 4) is 0 Å². The molecule has 0 aliphatic carbocycles. The number of thioether (sulfide) groups is 1. The molecule has 0 radical (unpaired) electrons. The maximum Gasteiger partial charge on any atom is 0.316 e. The van der Waals surface area contributed by atoms with Crippen LogP contribution in [0.15, 0.2) is 62.6 Å². The Kier molecular flexibility index (Phi) is 3.92. The molecule has 0 atom stereocenters. The third-order valence-corrected chi connectivity index (χ3v) is 4.08. The monoisotopic (exact) mass is 340 g/mol. The van der Waals surface area contributed by atoms with E-state index in [9.17, 15) is 4.79 Å². The number of hydrogen-bond donors (Lipinski definition) is 0. The summed E-state index contributed by atoms with van der Waals surface area (Å²) in [5.41, 5.74) is 2.87. The van der Waals surface area contributed by atoms with Gasteiger partial charge in [-0.25, -0.2) is 9.97 Å². The van der Waals surface area contributed by atoms with E-state index >= 15 is 0 Å². The predicted molar refractivity (Wildman–Crippen MR) is 88.5 cm³/mol. The van der Waals surface area contributed by atoms with Gasteiger partial charge in [0, 0.05) is 0 Å². The maximum absolute atomic E-state index is 11.8. The van der Waals surface area contributed by atoms with E-state index in [0.717, 1.165) is 11.0 Å². The normalized spacial score (nSPS) is 11.2. The van der Waals surface area contributed by atoms with Crippen molar-refractivity contribution < 1.29 is 18.4 Å². The number of ether oxygens (including phenoxy) is 1. The molecule has 4 rings (SSSR count). The number of benzene rings is 2. The van der Waals surface area contributed by atoms with E-state index in [0.29, 0.717) is 22.3 Å². The number of nitrogens with zero attached hydrogens (tertiary/aromatic N) is 2. The Morgan fingerprint density at radius 3 is 2.33 bits per heavy atom. The topological polar surface area (TPSA) is 78.4 Å². The molecule has 0 amide bonds. The van der Waals surface area contributed by atoms with Crippen LogP contribution in [0.1, 0.15) is 5.89 Å². The van der Waals surface area contributed by atoms with E-state index in [1.807, 2.05) is 48.5 Å². The summed E-state index contributed by atoms with van der Waals surface area (Å²) in [6.45, 7) is 0.00162. The van der Waals surface area contributed by atoms with Gasteiger partial charge in [-0.2, -0.15) is 0 Å². The van der Waals surface area contributed by atoms with Crippen LogP contribution in [0, 0.1) is 0 Å². The second-order valence-electron chi connectivity index (χ2n) is 4.97. The van der Waals surface area contributed by atoms with Crippen LogP contribution in [0.4, 0.5) is 0 Å². The summed E-state index contributed by atoms with van der Waals surface area (Å²) in [7, 11) is 0. The van der Waals surface area contributed by atoms with Crippen LogP contribution in [-0.4, -0.2) is 21.7 Å². The maximum atomic E-state index is 11.8. The summed E-state index contributed by atoms with van der Waals surface area (Å²) in [5, 5.41) is 0.440. The van der Waals surface area contributed by atoms with Crippen molar-refractivity contribution in [1.82, 2.24) is 9.97 Å². The quantitative estimate of drug-likeness (QED) is 0.404. The number of esters is 1. The second kappa shape index (κ2) is 6.37. The summed E-state index contributed by atoms with van der Waals surface area (Å²) in [6, 6.07) is 14.8. The molecular formula is C17H12N2O4S. The van der Waals surface area contributed by atoms with Gasteiger partial charge in [0.05, 0.1) is 0 Å². The van der Waals surface area contributed by atoms with Crippen molar-refractivity contribution in [1.29, 1.82) is 0 Å². The first-order valence-corrected chi connectivity index (χ1v) is 8.25. The first-order valence-electron chi connectivity index (χ1n) is 7.26. The molecular weight excluding hydrogens is 328 g/mol. The van der Waals surface area contributed by atoms with Crippen molar-refractivity contribution in [3.63, 3.8) is 0 Å². The van der Waals surface area contributed by atoms with Crippen LogP contribution in [-0.2, 0) is 16.1 Å². The highest BCUT2D eigenvalue weighted by Crippen LogP contribution is 2.23. The van der Waals surface area contributed by atoms with E-state index in [1.165, 1.54) is 11.8 Å². The van der Waals surface area contributed by atoms with Crippen LogP contribution in [0.3, 0.4) is 0 Å². The molecule has 0 unspecified atom stereocenters. The van der Waals surface area contributed by atoms with Crippen LogP contribution in [0.2, 0.25) is 0 Å². The zero-order chi connectivity index (χ0) is 16.4. The van der Waals surface area contributed by atoms with Crippen LogP contribution >= 0.6 is 11.8 Å². The average molecular weight is 340 g/mol. The number of carbonyl (C=O) groups excluding carboxylic acids is 1. The van der Waals surface area contributed by atoms with E-state index in [-0.39, 0.29) is 18.3 Å². The minimum atomic E-state index is -0.385. The average Bonchev–Trinajstić information content (AvgIpc) is 3.21. The van der Waals surface area contributed by atoms with E-state index in [2.05, 4.69) is 9.97 Å². The zero-order valence-electron chi connectivity index (χ0n) is 12.5. The second-order valence-corrected chi connectivity index (χ2v) is 5.90. The highest BCUT2D eigenvalue weighted by atomic mass is 32.2. The standard InChI is InChI=1S/C17H12N2O4S/c20-16(10-24-17-19-12-6-2-4-8-14(12)23-17)21-9-15-18-11-5-1-3-7-13(11)22-15/h1-8H,9-10H2. The lowest BCUT2D eigenvalue weighted by atomic mass is 10.3. The molecule has 2 aromatic heterocycles. The Labute approximate surface area is 140 Å². The lowest BCUT2D eigenvalue weighted by Crippen LogP contribution is -2.07. The summed E-state index contributed by atoms with van der Waals surface area (Å²) in [4.78, 5) is 20.4. The Morgan fingerprint density at radius 1 is 0.958 bits per heavy atom. The number of carbonyl (C=O) groups is 1. The number of hydrogen-bond acceptors (Lipinski definition) is 7. The van der Waals surface area contributed by atoms with E-state index < -0.39 is 0 Å². The van der Waals surface area contributed by atoms with Gasteiger partial charge < -0.3 is 13.6 Å². The largest absolute Gasteiger partial charge is 0.455 e. The first kappa shape index (κ1) is 14.8. The van der Waals surface area contributed by atoms with Crippen molar-refractivity contribution in [3.05, 3.63) is 54.4 Å². The fourth-order valence-electron chi connectivity index (χ4n) is 2.20. The summed E-state index contributed by atoms with van der Waals surface area (Å²) < 4.78 is 16.2. The van der Waals surface area contributed by atoms with Gasteiger partial charge in [0.25, 0.3) is 5.22 Å². The van der Waals surface area contributed by atoms with Gasteiger partial charge in [0.2, 0.25) is 5.89 Å². The van der Waals surface area contributed by atoms with Crippen LogP contribution < -0.4 is 0 Å². The minimum absolute atomic E-state index is 0.00162. The van der Waals surface area contributed by atoms with Crippen molar-refractivity contribution in [2.24, 2.45) is 0 Å². The summed E-state index contributed by atoms with van der Waals surface area (Å²) in [5.74, 6) is 0.0912. The summed E-state index contributed by atoms with van der Waals surface area (Å²) >= 11 is 1.19. The Morgan fingerprint density at radius 2 is 1.62 bits per heavy atom. The van der Waals surface area contributed by atoms with E-state index in [1.54, 1.807) is 0 Å². The van der Waals surface area contributed by atoms with Gasteiger partial charge in [0.15, 0.2) is 17.8 Å². The molecule has 0 saturated heterocycles. The highest BCUT2D eigenvalue weighted by molar-refractivity contribution is 7.99. The predicted octanol–water partition coefficient (Wildman–Crippen LogP) is 3.80. The van der Waals surface area contributed by atoms with Crippen molar-refractivity contribution in [2.75, 3.05) is 5.75 Å². The third-order valence-electron chi connectivity index (χ3n) is 3.28. The van der Waals surface area contributed by atoms with Crippen molar-refractivity contribution in [2.45, 2.75) is 11.8 Å². The molecule has 0 aliphatic heterocycles. The van der Waals surface area contributed by atoms with Crippen LogP contribution in [0.5, 0.6) is 0 Å². The smallest absolute Gasteiger partial charge is 0.316 e. The number of oxazole rings is 2. The number of para-hydroxylation sites is 4. The Bertz CT molecular complexity index is 862. The Hall–Kier alpha value is -2.80. The van der Waals surface area contributed by atoms with Crippen LogP contribution in [0.25, 0.3) is 22.2 Å². The summed E-state index contributed by atoms with van der Waals surface area (Å²) in [6.07, 6.45) is 0. The number of aromatic nitrogens is 2. The van der Waals surface area contributed by atoms with Gasteiger partial charge >= 0.3 is 5.97 Å². The third kappa shape index (κ3) is 3.11. The van der Waals surface area contributed by atoms with Gasteiger partial charge in [-0.1, -0.05) is 36.0 Å². The molecule has 0 bridgehead atoms. The fraction of sp³-hybridized carbons (Fsp3) is 0.118. The van der Waals surface area contributed by atoms with Gasteiger partial charge in [0.1, 0.15) is 16.8 Å². The van der Waals surface area contributed by atoms with Gasteiger partial charge in [-0.05, 0) is 24.3 Å². The lowest BCUT2D eigenvalue weighted by molar-refractivity contribution is -0.142. The number of rotatable bonds is 5. The van der Waals surface area contributed by atoms with Gasteiger partial charge in [-0.15, -0.1) is 0 Å². The molecule has 0 N–H and O–H groups in total. The fourth-order valence-corrected chi connectivity index (χ4v) is 2.84. The molecule has 6 nitrogen and oxygen atoms in total. The molecule has 2 heterocycles. The molecule has 7 heteroatoms.